The monoisotopic (exact) mass is 489 g/mol. The van der Waals surface area contributed by atoms with E-state index in [9.17, 15) is 23.6 Å². The zero-order chi connectivity index (χ0) is 25.7. The summed E-state index contributed by atoms with van der Waals surface area (Å²) < 4.78 is 19.8. The van der Waals surface area contributed by atoms with E-state index in [4.69, 9.17) is 4.74 Å². The first-order chi connectivity index (χ1) is 17.4. The van der Waals surface area contributed by atoms with Crippen LogP contribution in [0.1, 0.15) is 29.3 Å². The molecule has 0 bridgehead atoms. The molecule has 8 nitrogen and oxygen atoms in total. The van der Waals surface area contributed by atoms with Crippen molar-refractivity contribution in [1.82, 2.24) is 10.4 Å². The first-order valence-electron chi connectivity index (χ1n) is 11.4. The van der Waals surface area contributed by atoms with Gasteiger partial charge in [-0.2, -0.15) is 0 Å². The maximum Gasteiger partial charge on any atom is 0.276 e. The van der Waals surface area contributed by atoms with E-state index in [1.54, 1.807) is 54.6 Å². The van der Waals surface area contributed by atoms with E-state index >= 15 is 0 Å². The number of hydrazine groups is 1. The van der Waals surface area contributed by atoms with E-state index in [1.807, 2.05) is 6.92 Å². The Morgan fingerprint density at radius 3 is 2.33 bits per heavy atom. The molecule has 1 saturated heterocycles. The topological polar surface area (TPSA) is 96.0 Å². The van der Waals surface area contributed by atoms with Crippen molar-refractivity contribution in [2.75, 3.05) is 11.5 Å². The van der Waals surface area contributed by atoms with Gasteiger partial charge in [0.15, 0.2) is 0 Å². The number of benzene rings is 3. The molecule has 1 aliphatic rings. The standard InChI is InChI=1S/C27H24FN3O5/c1-2-36-20-14-12-19(13-15-20)30-25(33)17-23(27(30)35)31(26(34)21-10-6-7-11-22(21)28)29-24(32)16-18-8-4-3-5-9-18/h3-15,23H,2,16-17H2,1H3,(H,29,32). The first-order valence-corrected chi connectivity index (χ1v) is 11.4. The summed E-state index contributed by atoms with van der Waals surface area (Å²) in [6.07, 6.45) is -0.461. The highest BCUT2D eigenvalue weighted by Gasteiger charge is 2.45. The van der Waals surface area contributed by atoms with Crippen molar-refractivity contribution in [3.05, 3.63) is 95.8 Å². The van der Waals surface area contributed by atoms with Crippen LogP contribution in [0.2, 0.25) is 0 Å². The van der Waals surface area contributed by atoms with Gasteiger partial charge in [0.25, 0.3) is 11.8 Å². The molecule has 0 aromatic heterocycles. The van der Waals surface area contributed by atoms with Crippen molar-refractivity contribution in [3.63, 3.8) is 0 Å². The summed E-state index contributed by atoms with van der Waals surface area (Å²) in [6.45, 7) is 2.29. The molecule has 0 aliphatic carbocycles. The molecular formula is C27H24FN3O5. The van der Waals surface area contributed by atoms with Crippen molar-refractivity contribution in [3.8, 4) is 5.75 Å². The Hall–Kier alpha value is -4.53. The van der Waals surface area contributed by atoms with Crippen LogP contribution in [0.25, 0.3) is 0 Å². The highest BCUT2D eigenvalue weighted by atomic mass is 19.1. The van der Waals surface area contributed by atoms with Crippen molar-refractivity contribution >= 4 is 29.3 Å². The van der Waals surface area contributed by atoms with Crippen LogP contribution in [0, 0.1) is 5.82 Å². The lowest BCUT2D eigenvalue weighted by molar-refractivity contribution is -0.128. The van der Waals surface area contributed by atoms with Crippen LogP contribution in [0.5, 0.6) is 5.75 Å². The molecule has 4 amide bonds. The molecule has 184 valence electrons. The lowest BCUT2D eigenvalue weighted by atomic mass is 10.1. The third-order valence-corrected chi connectivity index (χ3v) is 5.62. The molecule has 36 heavy (non-hydrogen) atoms. The zero-order valence-corrected chi connectivity index (χ0v) is 19.5. The number of anilines is 1. The smallest absolute Gasteiger partial charge is 0.276 e. The Morgan fingerprint density at radius 2 is 1.67 bits per heavy atom. The highest BCUT2D eigenvalue weighted by molar-refractivity contribution is 6.23. The van der Waals surface area contributed by atoms with Crippen molar-refractivity contribution < 1.29 is 28.3 Å². The Balaban J connectivity index is 1.62. The molecule has 4 rings (SSSR count). The van der Waals surface area contributed by atoms with Gasteiger partial charge in [0, 0.05) is 0 Å². The quantitative estimate of drug-likeness (QED) is 0.406. The van der Waals surface area contributed by atoms with Crippen LogP contribution in [-0.2, 0) is 20.8 Å². The molecule has 1 unspecified atom stereocenters. The van der Waals surface area contributed by atoms with Crippen molar-refractivity contribution in [1.29, 1.82) is 0 Å². The number of nitrogens with zero attached hydrogens (tertiary/aromatic N) is 2. The van der Waals surface area contributed by atoms with Gasteiger partial charge in [-0.15, -0.1) is 0 Å². The molecule has 3 aromatic carbocycles. The maximum atomic E-state index is 14.5. The number of nitrogens with one attached hydrogen (secondary N) is 1. The molecule has 1 fully saturated rings. The van der Waals surface area contributed by atoms with Crippen LogP contribution < -0.4 is 15.1 Å². The molecule has 0 saturated carbocycles. The van der Waals surface area contributed by atoms with E-state index in [0.29, 0.717) is 23.6 Å². The minimum absolute atomic E-state index is 0.0840. The molecule has 1 atom stereocenters. The summed E-state index contributed by atoms with van der Waals surface area (Å²) in [5.74, 6) is -3.04. The Morgan fingerprint density at radius 1 is 1.00 bits per heavy atom. The third kappa shape index (κ3) is 5.25. The van der Waals surface area contributed by atoms with Gasteiger partial charge in [-0.1, -0.05) is 42.5 Å². The third-order valence-electron chi connectivity index (χ3n) is 5.62. The van der Waals surface area contributed by atoms with Gasteiger partial charge in [-0.25, -0.2) is 14.3 Å². The van der Waals surface area contributed by atoms with Gasteiger partial charge >= 0.3 is 0 Å². The zero-order valence-electron chi connectivity index (χ0n) is 19.5. The largest absolute Gasteiger partial charge is 0.494 e. The van der Waals surface area contributed by atoms with E-state index < -0.39 is 35.5 Å². The van der Waals surface area contributed by atoms with E-state index in [1.165, 1.54) is 18.2 Å². The summed E-state index contributed by atoms with van der Waals surface area (Å²) >= 11 is 0. The number of carbonyl (C=O) groups excluding carboxylic acids is 4. The van der Waals surface area contributed by atoms with E-state index in [-0.39, 0.29) is 18.4 Å². The Bertz CT molecular complexity index is 1280. The molecule has 1 heterocycles. The molecule has 3 aromatic rings. The van der Waals surface area contributed by atoms with Crippen LogP contribution >= 0.6 is 0 Å². The second-order valence-electron chi connectivity index (χ2n) is 8.07. The molecular weight excluding hydrogens is 465 g/mol. The average Bonchev–Trinajstić information content (AvgIpc) is 3.17. The van der Waals surface area contributed by atoms with Gasteiger partial charge in [0.05, 0.1) is 30.7 Å². The molecule has 9 heteroatoms. The van der Waals surface area contributed by atoms with E-state index in [2.05, 4.69) is 5.43 Å². The summed E-state index contributed by atoms with van der Waals surface area (Å²) in [4.78, 5) is 53.3. The lowest BCUT2D eigenvalue weighted by Gasteiger charge is -2.28. The number of ether oxygens (including phenoxy) is 1. The normalized spacial score (nSPS) is 15.1. The van der Waals surface area contributed by atoms with Crippen LogP contribution in [0.3, 0.4) is 0 Å². The molecule has 1 aliphatic heterocycles. The predicted molar refractivity (Wildman–Crippen MR) is 129 cm³/mol. The van der Waals surface area contributed by atoms with Gasteiger partial charge in [0.1, 0.15) is 17.6 Å². The summed E-state index contributed by atoms with van der Waals surface area (Å²) in [6, 6.07) is 19.0. The number of amides is 4. The fraction of sp³-hybridized carbons (Fsp3) is 0.185. The fourth-order valence-electron chi connectivity index (χ4n) is 3.94. The molecule has 0 radical (unpaired) electrons. The van der Waals surface area contributed by atoms with Crippen LogP contribution in [0.15, 0.2) is 78.9 Å². The fourth-order valence-corrected chi connectivity index (χ4v) is 3.94. The van der Waals surface area contributed by atoms with Crippen LogP contribution in [-0.4, -0.2) is 41.3 Å². The Labute approximate surface area is 207 Å². The number of rotatable bonds is 7. The van der Waals surface area contributed by atoms with Crippen molar-refractivity contribution in [2.24, 2.45) is 0 Å². The number of imide groups is 1. The first kappa shape index (κ1) is 24.6. The maximum absolute atomic E-state index is 14.5. The van der Waals surface area contributed by atoms with Gasteiger partial charge in [-0.05, 0) is 48.9 Å². The Kier molecular flexibility index (Phi) is 7.39. The van der Waals surface area contributed by atoms with Gasteiger partial charge in [-0.3, -0.25) is 24.6 Å². The molecule has 0 spiro atoms. The number of hydrogen-bond acceptors (Lipinski definition) is 5. The number of halogens is 1. The van der Waals surface area contributed by atoms with Gasteiger partial charge in [0.2, 0.25) is 11.8 Å². The highest BCUT2D eigenvalue weighted by Crippen LogP contribution is 2.28. The number of carbonyl (C=O) groups is 4. The molecule has 1 N–H and O–H groups in total. The van der Waals surface area contributed by atoms with Crippen LogP contribution in [0.4, 0.5) is 10.1 Å². The second-order valence-corrected chi connectivity index (χ2v) is 8.07. The van der Waals surface area contributed by atoms with Gasteiger partial charge < -0.3 is 4.74 Å². The second kappa shape index (κ2) is 10.8. The minimum Gasteiger partial charge on any atom is -0.494 e. The lowest BCUT2D eigenvalue weighted by Crippen LogP contribution is -2.55. The average molecular weight is 490 g/mol. The van der Waals surface area contributed by atoms with E-state index in [0.717, 1.165) is 16.0 Å². The minimum atomic E-state index is -1.35. The predicted octanol–water partition coefficient (Wildman–Crippen LogP) is 3.27. The summed E-state index contributed by atoms with van der Waals surface area (Å²) in [7, 11) is 0. The SMILES string of the molecule is CCOc1ccc(N2C(=O)CC(N(NC(=O)Cc3ccccc3)C(=O)c3ccccc3F)C2=O)cc1. The summed E-state index contributed by atoms with van der Waals surface area (Å²) in [5, 5.41) is 0.762. The summed E-state index contributed by atoms with van der Waals surface area (Å²) in [5.41, 5.74) is 3.08. The van der Waals surface area contributed by atoms with Crippen molar-refractivity contribution in [2.45, 2.75) is 25.8 Å². The number of hydrogen-bond donors (Lipinski definition) is 1.